The zero-order chi connectivity index (χ0) is 13.8. The van der Waals surface area contributed by atoms with Gasteiger partial charge < -0.3 is 10.4 Å². The fourth-order valence-corrected chi connectivity index (χ4v) is 1.83. The molecule has 0 aliphatic heterocycles. The minimum atomic E-state index is -1.02. The Morgan fingerprint density at radius 2 is 1.95 bits per heavy atom. The molecule has 1 heterocycles. The number of aromatic carboxylic acids is 1. The van der Waals surface area contributed by atoms with Gasteiger partial charge in [0.1, 0.15) is 5.69 Å². The Morgan fingerprint density at radius 1 is 1.26 bits per heavy atom. The van der Waals surface area contributed by atoms with Crippen LogP contribution in [0.25, 0.3) is 0 Å². The summed E-state index contributed by atoms with van der Waals surface area (Å²) >= 11 is 0. The highest BCUT2D eigenvalue weighted by Gasteiger charge is 2.08. The van der Waals surface area contributed by atoms with Gasteiger partial charge in [0.05, 0.1) is 0 Å². The minimum absolute atomic E-state index is 0.0427. The standard InChI is InChI=1S/C15H16N2O2/c1-10-3-5-12(6-4-10)11(2)17-13-7-8-16-14(9-13)15(18)19/h3-9,11H,1-2H3,(H,16,17)(H,18,19). The van der Waals surface area contributed by atoms with Crippen molar-refractivity contribution in [2.24, 2.45) is 0 Å². The van der Waals surface area contributed by atoms with Crippen LogP contribution in [0.1, 0.15) is 34.6 Å². The Labute approximate surface area is 112 Å². The quantitative estimate of drug-likeness (QED) is 0.881. The van der Waals surface area contributed by atoms with E-state index in [1.165, 1.54) is 17.8 Å². The lowest BCUT2D eigenvalue weighted by Crippen LogP contribution is -2.08. The van der Waals surface area contributed by atoms with E-state index in [-0.39, 0.29) is 11.7 Å². The number of aryl methyl sites for hydroxylation is 1. The van der Waals surface area contributed by atoms with Gasteiger partial charge in [-0.1, -0.05) is 29.8 Å². The number of carbonyl (C=O) groups is 1. The first kappa shape index (κ1) is 13.1. The molecule has 1 aromatic heterocycles. The summed E-state index contributed by atoms with van der Waals surface area (Å²) in [7, 11) is 0. The molecular formula is C15H16N2O2. The second-order valence-electron chi connectivity index (χ2n) is 4.51. The van der Waals surface area contributed by atoms with Gasteiger partial charge in [-0.15, -0.1) is 0 Å². The van der Waals surface area contributed by atoms with Crippen LogP contribution in [-0.2, 0) is 0 Å². The van der Waals surface area contributed by atoms with Gasteiger partial charge in [-0.2, -0.15) is 0 Å². The summed E-state index contributed by atoms with van der Waals surface area (Å²) in [4.78, 5) is 14.6. The van der Waals surface area contributed by atoms with E-state index in [1.807, 2.05) is 13.8 Å². The predicted octanol–water partition coefficient (Wildman–Crippen LogP) is 3.26. The lowest BCUT2D eigenvalue weighted by atomic mass is 10.1. The van der Waals surface area contributed by atoms with Crippen molar-refractivity contribution >= 4 is 11.7 Å². The third-order valence-electron chi connectivity index (χ3n) is 2.94. The molecule has 0 amide bonds. The molecule has 4 nitrogen and oxygen atoms in total. The number of carboxylic acids is 1. The Kier molecular flexibility index (Phi) is 3.80. The van der Waals surface area contributed by atoms with Crippen LogP contribution in [0.5, 0.6) is 0 Å². The van der Waals surface area contributed by atoms with Crippen molar-refractivity contribution in [1.82, 2.24) is 4.98 Å². The normalized spacial score (nSPS) is 11.9. The number of hydrogen-bond acceptors (Lipinski definition) is 3. The lowest BCUT2D eigenvalue weighted by Gasteiger charge is -2.16. The second-order valence-corrected chi connectivity index (χ2v) is 4.51. The van der Waals surface area contributed by atoms with Crippen LogP contribution in [-0.4, -0.2) is 16.1 Å². The van der Waals surface area contributed by atoms with E-state index in [1.54, 1.807) is 6.07 Å². The lowest BCUT2D eigenvalue weighted by molar-refractivity contribution is 0.0690. The fraction of sp³-hybridized carbons (Fsp3) is 0.200. The Hall–Kier alpha value is -2.36. The van der Waals surface area contributed by atoms with Crippen molar-refractivity contribution in [2.45, 2.75) is 19.9 Å². The van der Waals surface area contributed by atoms with Crippen molar-refractivity contribution in [3.05, 3.63) is 59.4 Å². The maximum Gasteiger partial charge on any atom is 0.354 e. The Bertz CT molecular complexity index is 579. The van der Waals surface area contributed by atoms with Crippen molar-refractivity contribution in [3.8, 4) is 0 Å². The zero-order valence-electron chi connectivity index (χ0n) is 10.9. The maximum absolute atomic E-state index is 10.9. The number of benzene rings is 1. The van der Waals surface area contributed by atoms with Gasteiger partial charge in [-0.3, -0.25) is 0 Å². The number of rotatable bonds is 4. The van der Waals surface area contributed by atoms with Crippen LogP contribution >= 0.6 is 0 Å². The molecule has 19 heavy (non-hydrogen) atoms. The van der Waals surface area contributed by atoms with Crippen LogP contribution in [0.3, 0.4) is 0 Å². The van der Waals surface area contributed by atoms with E-state index in [0.29, 0.717) is 0 Å². The highest BCUT2D eigenvalue weighted by atomic mass is 16.4. The van der Waals surface area contributed by atoms with Gasteiger partial charge in [-0.25, -0.2) is 9.78 Å². The van der Waals surface area contributed by atoms with E-state index < -0.39 is 5.97 Å². The van der Waals surface area contributed by atoms with E-state index in [2.05, 4.69) is 34.6 Å². The van der Waals surface area contributed by atoms with Crippen LogP contribution in [0.15, 0.2) is 42.6 Å². The smallest absolute Gasteiger partial charge is 0.354 e. The van der Waals surface area contributed by atoms with E-state index in [9.17, 15) is 4.79 Å². The summed E-state index contributed by atoms with van der Waals surface area (Å²) in [6, 6.07) is 11.6. The molecular weight excluding hydrogens is 240 g/mol. The second kappa shape index (κ2) is 5.52. The van der Waals surface area contributed by atoms with Crippen molar-refractivity contribution in [2.75, 3.05) is 5.32 Å². The molecule has 1 unspecified atom stereocenters. The largest absolute Gasteiger partial charge is 0.477 e. The first-order valence-corrected chi connectivity index (χ1v) is 6.08. The molecule has 0 aliphatic carbocycles. The average Bonchev–Trinajstić information content (AvgIpc) is 2.39. The third-order valence-corrected chi connectivity index (χ3v) is 2.94. The molecule has 0 aliphatic rings. The molecule has 2 rings (SSSR count). The van der Waals surface area contributed by atoms with E-state index >= 15 is 0 Å². The SMILES string of the molecule is Cc1ccc(C(C)Nc2ccnc(C(=O)O)c2)cc1. The summed E-state index contributed by atoms with van der Waals surface area (Å²) < 4.78 is 0. The van der Waals surface area contributed by atoms with Gasteiger partial charge in [0.15, 0.2) is 0 Å². The molecule has 0 saturated heterocycles. The van der Waals surface area contributed by atoms with Crippen molar-refractivity contribution in [3.63, 3.8) is 0 Å². The molecule has 0 radical (unpaired) electrons. The van der Waals surface area contributed by atoms with Gasteiger partial charge in [0.2, 0.25) is 0 Å². The zero-order valence-corrected chi connectivity index (χ0v) is 10.9. The number of nitrogens with one attached hydrogen (secondary N) is 1. The van der Waals surface area contributed by atoms with Gasteiger partial charge in [0.25, 0.3) is 0 Å². The van der Waals surface area contributed by atoms with Crippen molar-refractivity contribution < 1.29 is 9.90 Å². The van der Waals surface area contributed by atoms with Crippen molar-refractivity contribution in [1.29, 1.82) is 0 Å². The molecule has 0 spiro atoms. The first-order valence-electron chi connectivity index (χ1n) is 6.08. The number of pyridine rings is 1. The van der Waals surface area contributed by atoms with E-state index in [0.717, 1.165) is 11.3 Å². The summed E-state index contributed by atoms with van der Waals surface area (Å²) in [6.07, 6.45) is 1.49. The van der Waals surface area contributed by atoms with Crippen LogP contribution in [0.4, 0.5) is 5.69 Å². The van der Waals surface area contributed by atoms with Gasteiger partial charge >= 0.3 is 5.97 Å². The molecule has 1 aromatic carbocycles. The summed E-state index contributed by atoms with van der Waals surface area (Å²) in [5, 5.41) is 12.2. The molecule has 0 fully saturated rings. The average molecular weight is 256 g/mol. The van der Waals surface area contributed by atoms with Crippen LogP contribution < -0.4 is 5.32 Å². The Balaban J connectivity index is 2.14. The highest BCUT2D eigenvalue weighted by molar-refractivity contribution is 5.86. The van der Waals surface area contributed by atoms with Crippen LogP contribution in [0, 0.1) is 6.92 Å². The number of aromatic nitrogens is 1. The first-order chi connectivity index (χ1) is 9.06. The number of anilines is 1. The third kappa shape index (κ3) is 3.31. The van der Waals surface area contributed by atoms with Gasteiger partial charge in [-0.05, 0) is 31.5 Å². The highest BCUT2D eigenvalue weighted by Crippen LogP contribution is 2.19. The van der Waals surface area contributed by atoms with Gasteiger partial charge in [0, 0.05) is 17.9 Å². The maximum atomic E-state index is 10.9. The number of nitrogens with zero attached hydrogens (tertiary/aromatic N) is 1. The molecule has 98 valence electrons. The molecule has 1 atom stereocenters. The molecule has 2 N–H and O–H groups in total. The predicted molar refractivity (Wildman–Crippen MR) is 74.4 cm³/mol. The Morgan fingerprint density at radius 3 is 2.58 bits per heavy atom. The number of carboxylic acid groups (broad SMARTS) is 1. The number of hydrogen-bond donors (Lipinski definition) is 2. The summed E-state index contributed by atoms with van der Waals surface area (Å²) in [5.41, 5.74) is 3.16. The monoisotopic (exact) mass is 256 g/mol. The molecule has 0 bridgehead atoms. The summed E-state index contributed by atoms with van der Waals surface area (Å²) in [6.45, 7) is 4.08. The molecule has 4 heteroatoms. The topological polar surface area (TPSA) is 62.2 Å². The van der Waals surface area contributed by atoms with Crippen LogP contribution in [0.2, 0.25) is 0 Å². The van der Waals surface area contributed by atoms with E-state index in [4.69, 9.17) is 5.11 Å². The fourth-order valence-electron chi connectivity index (χ4n) is 1.83. The summed E-state index contributed by atoms with van der Waals surface area (Å²) in [5.74, 6) is -1.02. The molecule has 0 saturated carbocycles. The molecule has 2 aromatic rings. The minimum Gasteiger partial charge on any atom is -0.477 e.